The number of hydrogen-bond acceptors (Lipinski definition) is 6. The highest BCUT2D eigenvalue weighted by atomic mass is 32.2. The number of amides is 1. The molecule has 0 atom stereocenters. The van der Waals surface area contributed by atoms with Crippen LogP contribution in [0.1, 0.15) is 10.4 Å². The summed E-state index contributed by atoms with van der Waals surface area (Å²) < 4.78 is 40.2. The van der Waals surface area contributed by atoms with Crippen LogP contribution in [0.15, 0.2) is 12.1 Å². The molecule has 1 aliphatic rings. The van der Waals surface area contributed by atoms with E-state index in [1.165, 1.54) is 31.9 Å². The third kappa shape index (κ3) is 3.73. The SMILES string of the molecule is COc1cc(C(=O)N2CCN(S(C)(=O)=O)CC2)cc(OC)c1OC. The molecule has 0 saturated carbocycles. The standard InChI is InChI=1S/C15H22N2O6S/c1-21-12-9-11(10-13(22-2)14(12)23-3)15(18)16-5-7-17(8-6-16)24(4,19)20/h9-10H,5-8H2,1-4H3. The van der Waals surface area contributed by atoms with Crippen molar-refractivity contribution in [3.8, 4) is 17.2 Å². The zero-order valence-corrected chi connectivity index (χ0v) is 15.1. The molecule has 1 saturated heterocycles. The van der Waals surface area contributed by atoms with E-state index < -0.39 is 10.0 Å². The largest absolute Gasteiger partial charge is 0.493 e. The van der Waals surface area contributed by atoms with Crippen LogP contribution in [0.4, 0.5) is 0 Å². The van der Waals surface area contributed by atoms with Crippen molar-refractivity contribution in [1.29, 1.82) is 0 Å². The molecule has 134 valence electrons. The minimum absolute atomic E-state index is 0.206. The number of sulfonamides is 1. The van der Waals surface area contributed by atoms with Gasteiger partial charge in [-0.1, -0.05) is 0 Å². The van der Waals surface area contributed by atoms with Gasteiger partial charge in [-0.15, -0.1) is 0 Å². The summed E-state index contributed by atoms with van der Waals surface area (Å²) in [6.45, 7) is 1.25. The molecule has 1 aliphatic heterocycles. The van der Waals surface area contributed by atoms with Crippen LogP contribution in [-0.4, -0.2) is 77.3 Å². The fourth-order valence-electron chi connectivity index (χ4n) is 2.61. The van der Waals surface area contributed by atoms with Crippen LogP contribution in [0.25, 0.3) is 0 Å². The van der Waals surface area contributed by atoms with Gasteiger partial charge in [0.05, 0.1) is 27.6 Å². The van der Waals surface area contributed by atoms with Crippen LogP contribution in [0.2, 0.25) is 0 Å². The summed E-state index contributed by atoms with van der Waals surface area (Å²) in [6, 6.07) is 3.18. The molecule has 1 fully saturated rings. The Balaban J connectivity index is 2.22. The monoisotopic (exact) mass is 358 g/mol. The summed E-state index contributed by atoms with van der Waals surface area (Å²) in [5.41, 5.74) is 0.400. The average molecular weight is 358 g/mol. The predicted molar refractivity (Wildman–Crippen MR) is 88.4 cm³/mol. The highest BCUT2D eigenvalue weighted by Gasteiger charge is 2.27. The van der Waals surface area contributed by atoms with Gasteiger partial charge in [-0.2, -0.15) is 4.31 Å². The molecule has 0 bridgehead atoms. The molecule has 0 N–H and O–H groups in total. The summed E-state index contributed by atoms with van der Waals surface area (Å²) in [7, 11) is 1.23. The Morgan fingerprint density at radius 1 is 0.958 bits per heavy atom. The topological polar surface area (TPSA) is 85.4 Å². The molecule has 8 nitrogen and oxygen atoms in total. The Bertz CT molecular complexity index is 686. The van der Waals surface area contributed by atoms with Gasteiger partial charge in [-0.3, -0.25) is 4.79 Å². The first-order chi connectivity index (χ1) is 11.3. The van der Waals surface area contributed by atoms with Crippen LogP contribution in [0.3, 0.4) is 0 Å². The number of piperazine rings is 1. The summed E-state index contributed by atoms with van der Waals surface area (Å²) in [5, 5.41) is 0. The summed E-state index contributed by atoms with van der Waals surface area (Å²) >= 11 is 0. The summed E-state index contributed by atoms with van der Waals surface area (Å²) in [5.74, 6) is 1.01. The van der Waals surface area contributed by atoms with E-state index in [0.717, 1.165) is 0 Å². The van der Waals surface area contributed by atoms with Crippen molar-refractivity contribution in [3.63, 3.8) is 0 Å². The highest BCUT2D eigenvalue weighted by molar-refractivity contribution is 7.88. The van der Waals surface area contributed by atoms with E-state index in [2.05, 4.69) is 0 Å². The van der Waals surface area contributed by atoms with Crippen molar-refractivity contribution in [3.05, 3.63) is 17.7 Å². The summed E-state index contributed by atoms with van der Waals surface area (Å²) in [4.78, 5) is 14.3. The molecule has 1 aromatic carbocycles. The minimum atomic E-state index is -3.23. The van der Waals surface area contributed by atoms with Gasteiger partial charge in [0.1, 0.15) is 0 Å². The van der Waals surface area contributed by atoms with Gasteiger partial charge in [-0.05, 0) is 12.1 Å². The van der Waals surface area contributed by atoms with Gasteiger partial charge in [-0.25, -0.2) is 8.42 Å². The maximum Gasteiger partial charge on any atom is 0.254 e. The van der Waals surface area contributed by atoms with E-state index in [-0.39, 0.29) is 19.0 Å². The van der Waals surface area contributed by atoms with E-state index in [9.17, 15) is 13.2 Å². The van der Waals surface area contributed by atoms with Gasteiger partial charge in [0.15, 0.2) is 11.5 Å². The van der Waals surface area contributed by atoms with Crippen LogP contribution in [-0.2, 0) is 10.0 Å². The lowest BCUT2D eigenvalue weighted by atomic mass is 10.1. The van der Waals surface area contributed by atoms with Crippen LogP contribution in [0, 0.1) is 0 Å². The van der Waals surface area contributed by atoms with E-state index >= 15 is 0 Å². The van der Waals surface area contributed by atoms with Gasteiger partial charge in [0.2, 0.25) is 15.8 Å². The van der Waals surface area contributed by atoms with Gasteiger partial charge >= 0.3 is 0 Å². The Morgan fingerprint density at radius 3 is 1.83 bits per heavy atom. The number of nitrogens with zero attached hydrogens (tertiary/aromatic N) is 2. The number of carbonyl (C=O) groups excluding carboxylic acids is 1. The molecular formula is C15H22N2O6S. The van der Waals surface area contributed by atoms with E-state index in [1.54, 1.807) is 17.0 Å². The van der Waals surface area contributed by atoms with E-state index in [0.29, 0.717) is 35.9 Å². The van der Waals surface area contributed by atoms with Gasteiger partial charge < -0.3 is 19.1 Å². The Kier molecular flexibility index (Phi) is 5.55. The summed E-state index contributed by atoms with van der Waals surface area (Å²) in [6.07, 6.45) is 1.17. The molecule has 0 aromatic heterocycles. The quantitative estimate of drug-likeness (QED) is 0.759. The van der Waals surface area contributed by atoms with Crippen molar-refractivity contribution in [2.75, 3.05) is 53.8 Å². The number of methoxy groups -OCH3 is 3. The van der Waals surface area contributed by atoms with Gasteiger partial charge in [0.25, 0.3) is 5.91 Å². The molecular weight excluding hydrogens is 336 g/mol. The first-order valence-electron chi connectivity index (χ1n) is 7.36. The smallest absolute Gasteiger partial charge is 0.254 e. The number of hydrogen-bond donors (Lipinski definition) is 0. The zero-order chi connectivity index (χ0) is 17.9. The number of benzene rings is 1. The molecule has 9 heteroatoms. The van der Waals surface area contributed by atoms with Crippen molar-refractivity contribution < 1.29 is 27.4 Å². The van der Waals surface area contributed by atoms with Crippen LogP contribution in [0.5, 0.6) is 17.2 Å². The lowest BCUT2D eigenvalue weighted by Crippen LogP contribution is -2.50. The average Bonchev–Trinajstić information content (AvgIpc) is 2.59. The predicted octanol–water partition coefficient (Wildman–Crippen LogP) is 0.430. The fraction of sp³-hybridized carbons (Fsp3) is 0.533. The van der Waals surface area contributed by atoms with E-state index in [4.69, 9.17) is 14.2 Å². The highest BCUT2D eigenvalue weighted by Crippen LogP contribution is 2.38. The third-order valence-corrected chi connectivity index (χ3v) is 5.21. The second kappa shape index (κ2) is 7.27. The molecule has 24 heavy (non-hydrogen) atoms. The van der Waals surface area contributed by atoms with Crippen LogP contribution >= 0.6 is 0 Å². The molecule has 0 unspecified atom stereocenters. The van der Waals surface area contributed by atoms with Crippen molar-refractivity contribution >= 4 is 15.9 Å². The number of rotatable bonds is 5. The third-order valence-electron chi connectivity index (χ3n) is 3.91. The van der Waals surface area contributed by atoms with Gasteiger partial charge in [0, 0.05) is 31.7 Å². The Morgan fingerprint density at radius 2 is 1.46 bits per heavy atom. The van der Waals surface area contributed by atoms with Crippen molar-refractivity contribution in [2.45, 2.75) is 0 Å². The molecule has 1 aromatic rings. The number of ether oxygens (including phenoxy) is 3. The first-order valence-corrected chi connectivity index (χ1v) is 9.21. The number of carbonyl (C=O) groups is 1. The van der Waals surface area contributed by atoms with E-state index in [1.807, 2.05) is 0 Å². The Labute approximate surface area is 141 Å². The van der Waals surface area contributed by atoms with Crippen molar-refractivity contribution in [1.82, 2.24) is 9.21 Å². The van der Waals surface area contributed by atoms with Crippen molar-refractivity contribution in [2.24, 2.45) is 0 Å². The second-order valence-corrected chi connectivity index (χ2v) is 7.35. The maximum atomic E-state index is 12.7. The lowest BCUT2D eigenvalue weighted by molar-refractivity contribution is 0.0697. The molecule has 0 radical (unpaired) electrons. The minimum Gasteiger partial charge on any atom is -0.493 e. The molecule has 0 aliphatic carbocycles. The lowest BCUT2D eigenvalue weighted by Gasteiger charge is -2.33. The second-order valence-electron chi connectivity index (χ2n) is 5.37. The normalized spacial score (nSPS) is 15.9. The fourth-order valence-corrected chi connectivity index (χ4v) is 3.44. The zero-order valence-electron chi connectivity index (χ0n) is 14.2. The Hall–Kier alpha value is -2.00. The molecule has 1 heterocycles. The molecule has 0 spiro atoms. The first kappa shape index (κ1) is 18.3. The van der Waals surface area contributed by atoms with Crippen LogP contribution < -0.4 is 14.2 Å². The molecule has 1 amide bonds. The molecule has 2 rings (SSSR count). The maximum absolute atomic E-state index is 12.7.